The molecule has 0 saturated heterocycles. The zero-order valence-corrected chi connectivity index (χ0v) is 13.7. The Bertz CT molecular complexity index is 429. The molecule has 0 radical (unpaired) electrons. The van der Waals surface area contributed by atoms with E-state index in [1.807, 2.05) is 0 Å². The number of hydrogen-bond donors (Lipinski definition) is 1. The topological polar surface area (TPSA) is 26.0 Å². The van der Waals surface area contributed by atoms with Gasteiger partial charge >= 0.3 is 0 Å². The molecule has 2 atom stereocenters. The van der Waals surface area contributed by atoms with Crippen molar-refractivity contribution >= 4 is 0 Å². The minimum atomic E-state index is 0.0177. The van der Waals surface area contributed by atoms with E-state index >= 15 is 0 Å². The Labute approximate surface area is 125 Å². The molecule has 0 spiro atoms. The van der Waals surface area contributed by atoms with Crippen molar-refractivity contribution in [3.63, 3.8) is 0 Å². The second-order valence-corrected chi connectivity index (χ2v) is 7.47. The summed E-state index contributed by atoms with van der Waals surface area (Å²) in [7, 11) is 0. The molecule has 1 aliphatic rings. The molecular formula is C19H31N. The lowest BCUT2D eigenvalue weighted by atomic mass is 9.83. The van der Waals surface area contributed by atoms with Crippen LogP contribution in [0.5, 0.6) is 0 Å². The summed E-state index contributed by atoms with van der Waals surface area (Å²) in [6.07, 6.45) is 7.37. The van der Waals surface area contributed by atoms with E-state index in [2.05, 4.69) is 45.9 Å². The maximum atomic E-state index is 6.75. The van der Waals surface area contributed by atoms with Crippen molar-refractivity contribution in [2.24, 2.45) is 17.6 Å². The Kier molecular flexibility index (Phi) is 4.90. The molecule has 0 aliphatic heterocycles. The van der Waals surface area contributed by atoms with Crippen molar-refractivity contribution in [3.8, 4) is 0 Å². The minimum absolute atomic E-state index is 0.0177. The fraction of sp³-hybridized carbons (Fsp3) is 0.684. The number of benzene rings is 1. The first-order valence-electron chi connectivity index (χ1n) is 8.24. The third-order valence-corrected chi connectivity index (χ3v) is 5.04. The van der Waals surface area contributed by atoms with Gasteiger partial charge in [-0.3, -0.25) is 0 Å². The van der Waals surface area contributed by atoms with E-state index in [1.165, 1.54) is 48.8 Å². The maximum absolute atomic E-state index is 6.75. The van der Waals surface area contributed by atoms with E-state index in [9.17, 15) is 0 Å². The van der Waals surface area contributed by atoms with Crippen LogP contribution in [-0.2, 0) is 6.42 Å². The van der Waals surface area contributed by atoms with Gasteiger partial charge in [0.2, 0.25) is 0 Å². The van der Waals surface area contributed by atoms with Crippen LogP contribution < -0.4 is 5.73 Å². The number of hydrogen-bond acceptors (Lipinski definition) is 1. The highest BCUT2D eigenvalue weighted by Gasteiger charge is 2.30. The summed E-state index contributed by atoms with van der Waals surface area (Å²) in [4.78, 5) is 0. The summed E-state index contributed by atoms with van der Waals surface area (Å²) in [5, 5.41) is 0. The second-order valence-electron chi connectivity index (χ2n) is 7.47. The lowest BCUT2D eigenvalue weighted by Crippen LogP contribution is -2.41. The highest BCUT2D eigenvalue weighted by atomic mass is 14.7. The van der Waals surface area contributed by atoms with Gasteiger partial charge in [-0.2, -0.15) is 0 Å². The summed E-state index contributed by atoms with van der Waals surface area (Å²) in [6, 6.07) is 6.87. The summed E-state index contributed by atoms with van der Waals surface area (Å²) < 4.78 is 0. The molecule has 1 aromatic carbocycles. The van der Waals surface area contributed by atoms with Crippen LogP contribution in [0, 0.1) is 25.7 Å². The molecule has 0 amide bonds. The predicted octanol–water partition coefficient (Wildman–Crippen LogP) is 4.78. The first-order valence-corrected chi connectivity index (χ1v) is 8.24. The van der Waals surface area contributed by atoms with Crippen LogP contribution in [-0.4, -0.2) is 5.54 Å². The monoisotopic (exact) mass is 273 g/mol. The maximum Gasteiger partial charge on any atom is 0.0195 e. The van der Waals surface area contributed by atoms with Gasteiger partial charge in [0.05, 0.1) is 0 Å². The van der Waals surface area contributed by atoms with Crippen LogP contribution in [0.4, 0.5) is 0 Å². The second kappa shape index (κ2) is 6.30. The molecule has 1 aromatic rings. The highest BCUT2D eigenvalue weighted by molar-refractivity contribution is 5.29. The molecule has 1 fully saturated rings. The molecule has 1 saturated carbocycles. The van der Waals surface area contributed by atoms with Crippen LogP contribution in [0.3, 0.4) is 0 Å². The number of rotatable bonds is 3. The first kappa shape index (κ1) is 15.6. The van der Waals surface area contributed by atoms with E-state index in [1.54, 1.807) is 0 Å². The molecule has 112 valence electrons. The van der Waals surface area contributed by atoms with Crippen molar-refractivity contribution in [3.05, 3.63) is 34.9 Å². The van der Waals surface area contributed by atoms with Crippen molar-refractivity contribution in [1.82, 2.24) is 0 Å². The average molecular weight is 273 g/mol. The molecule has 0 heterocycles. The molecule has 1 heteroatoms. The van der Waals surface area contributed by atoms with Gasteiger partial charge in [0.15, 0.2) is 0 Å². The third kappa shape index (κ3) is 4.09. The molecular weight excluding hydrogens is 242 g/mol. The molecule has 2 N–H and O–H groups in total. The molecule has 0 aromatic heterocycles. The Morgan fingerprint density at radius 3 is 2.35 bits per heavy atom. The standard InChI is InChI=1S/C19H31N/c1-14(2)18-6-5-8-19(20,9-7-18)13-17-11-15(3)10-16(4)12-17/h10-12,14,18H,5-9,13,20H2,1-4H3. The lowest BCUT2D eigenvalue weighted by molar-refractivity contribution is 0.321. The fourth-order valence-corrected chi connectivity index (χ4v) is 3.88. The SMILES string of the molecule is Cc1cc(C)cc(CC2(N)CCCC(C(C)C)CC2)c1. The molecule has 0 bridgehead atoms. The van der Waals surface area contributed by atoms with Crippen LogP contribution in [0.2, 0.25) is 0 Å². The zero-order valence-electron chi connectivity index (χ0n) is 13.7. The zero-order chi connectivity index (χ0) is 14.8. The molecule has 2 unspecified atom stereocenters. The summed E-state index contributed by atoms with van der Waals surface area (Å²) in [6.45, 7) is 9.08. The van der Waals surface area contributed by atoms with Crippen molar-refractivity contribution in [2.45, 2.75) is 71.8 Å². The Morgan fingerprint density at radius 2 is 1.75 bits per heavy atom. The van der Waals surface area contributed by atoms with Gasteiger partial charge in [-0.15, -0.1) is 0 Å². The van der Waals surface area contributed by atoms with Gasteiger partial charge in [-0.1, -0.05) is 56.0 Å². The van der Waals surface area contributed by atoms with E-state index in [0.29, 0.717) is 0 Å². The molecule has 1 aliphatic carbocycles. The molecule has 20 heavy (non-hydrogen) atoms. The van der Waals surface area contributed by atoms with Crippen molar-refractivity contribution in [1.29, 1.82) is 0 Å². The molecule has 2 rings (SSSR count). The number of aryl methyl sites for hydroxylation is 2. The smallest absolute Gasteiger partial charge is 0.0195 e. The quantitative estimate of drug-likeness (QED) is 0.788. The van der Waals surface area contributed by atoms with Crippen LogP contribution >= 0.6 is 0 Å². The number of nitrogens with two attached hydrogens (primary N) is 1. The van der Waals surface area contributed by atoms with E-state index in [4.69, 9.17) is 5.73 Å². The van der Waals surface area contributed by atoms with Crippen LogP contribution in [0.1, 0.15) is 62.6 Å². The van der Waals surface area contributed by atoms with Gasteiger partial charge in [0.1, 0.15) is 0 Å². The molecule has 1 nitrogen and oxygen atoms in total. The third-order valence-electron chi connectivity index (χ3n) is 5.04. The van der Waals surface area contributed by atoms with E-state index in [0.717, 1.165) is 18.3 Å². The van der Waals surface area contributed by atoms with Gasteiger partial charge in [0, 0.05) is 5.54 Å². The van der Waals surface area contributed by atoms with Gasteiger partial charge < -0.3 is 5.73 Å². The summed E-state index contributed by atoms with van der Waals surface area (Å²) >= 11 is 0. The van der Waals surface area contributed by atoms with Gasteiger partial charge in [0.25, 0.3) is 0 Å². The Morgan fingerprint density at radius 1 is 1.10 bits per heavy atom. The van der Waals surface area contributed by atoms with Gasteiger partial charge in [-0.25, -0.2) is 0 Å². The normalized spacial score (nSPS) is 27.6. The van der Waals surface area contributed by atoms with Crippen molar-refractivity contribution in [2.75, 3.05) is 0 Å². The van der Waals surface area contributed by atoms with E-state index < -0.39 is 0 Å². The predicted molar refractivity (Wildman–Crippen MR) is 88.0 cm³/mol. The van der Waals surface area contributed by atoms with Gasteiger partial charge in [-0.05, 0) is 56.9 Å². The lowest BCUT2D eigenvalue weighted by Gasteiger charge is -2.29. The van der Waals surface area contributed by atoms with Crippen LogP contribution in [0.25, 0.3) is 0 Å². The Hall–Kier alpha value is -0.820. The minimum Gasteiger partial charge on any atom is -0.325 e. The first-order chi connectivity index (χ1) is 9.38. The van der Waals surface area contributed by atoms with E-state index in [-0.39, 0.29) is 5.54 Å². The largest absolute Gasteiger partial charge is 0.325 e. The summed E-state index contributed by atoms with van der Waals surface area (Å²) in [5.41, 5.74) is 10.9. The summed E-state index contributed by atoms with van der Waals surface area (Å²) in [5.74, 6) is 1.68. The Balaban J connectivity index is 2.07. The van der Waals surface area contributed by atoms with Crippen LogP contribution in [0.15, 0.2) is 18.2 Å². The van der Waals surface area contributed by atoms with Crippen molar-refractivity contribution < 1.29 is 0 Å². The fourth-order valence-electron chi connectivity index (χ4n) is 3.88. The highest BCUT2D eigenvalue weighted by Crippen LogP contribution is 2.34. The average Bonchev–Trinajstić information content (AvgIpc) is 2.49.